The van der Waals surface area contributed by atoms with Crippen LogP contribution in [0.15, 0.2) is 42.6 Å². The number of hydrogen-bond acceptors (Lipinski definition) is 5. The van der Waals surface area contributed by atoms with Crippen molar-refractivity contribution in [3.05, 3.63) is 63.8 Å². The van der Waals surface area contributed by atoms with Crippen molar-refractivity contribution in [1.82, 2.24) is 9.78 Å². The normalized spacial score (nSPS) is 12.3. The van der Waals surface area contributed by atoms with E-state index < -0.39 is 11.0 Å². The molecule has 1 N–H and O–H groups in total. The standard InChI is InChI=1S/C18H19N3O4/c1-12-3-4-13(2)18(7-12)25-11-16(22)10-20-17-8-15(21(23)24)6-5-14(17)9-19-20/h3-9,16,22H,10-11H2,1-2H3/t16-/m0/s1. The molecule has 0 aliphatic heterocycles. The smallest absolute Gasteiger partial charge is 0.271 e. The lowest BCUT2D eigenvalue weighted by molar-refractivity contribution is -0.384. The first-order chi connectivity index (χ1) is 11.9. The molecule has 0 saturated carbocycles. The first kappa shape index (κ1) is 16.9. The zero-order valence-electron chi connectivity index (χ0n) is 14.0. The second-order valence-electron chi connectivity index (χ2n) is 6.06. The molecule has 0 bridgehead atoms. The van der Waals surface area contributed by atoms with Gasteiger partial charge in [-0.1, -0.05) is 12.1 Å². The Morgan fingerprint density at radius 2 is 2.08 bits per heavy atom. The Bertz CT molecular complexity index is 920. The Hall–Kier alpha value is -2.93. The van der Waals surface area contributed by atoms with Gasteiger partial charge in [0, 0.05) is 17.5 Å². The molecule has 0 amide bonds. The number of nitro benzene ring substituents is 1. The van der Waals surface area contributed by atoms with E-state index in [-0.39, 0.29) is 18.8 Å². The van der Waals surface area contributed by atoms with Gasteiger partial charge >= 0.3 is 0 Å². The summed E-state index contributed by atoms with van der Waals surface area (Å²) < 4.78 is 7.26. The van der Waals surface area contributed by atoms with Crippen LogP contribution in [0.5, 0.6) is 5.75 Å². The summed E-state index contributed by atoms with van der Waals surface area (Å²) in [6.07, 6.45) is 0.833. The molecule has 0 unspecified atom stereocenters. The number of benzene rings is 2. The van der Waals surface area contributed by atoms with Crippen LogP contribution in [0.4, 0.5) is 5.69 Å². The minimum Gasteiger partial charge on any atom is -0.491 e. The van der Waals surface area contributed by atoms with Crippen molar-refractivity contribution in [2.75, 3.05) is 6.61 Å². The Balaban J connectivity index is 1.71. The van der Waals surface area contributed by atoms with Gasteiger partial charge in [0.05, 0.1) is 23.2 Å². The molecule has 1 aromatic heterocycles. The van der Waals surface area contributed by atoms with E-state index in [9.17, 15) is 15.2 Å². The highest BCUT2D eigenvalue weighted by Gasteiger charge is 2.14. The van der Waals surface area contributed by atoms with E-state index in [0.717, 1.165) is 22.3 Å². The van der Waals surface area contributed by atoms with Gasteiger partial charge in [0.25, 0.3) is 5.69 Å². The SMILES string of the molecule is Cc1ccc(C)c(OC[C@@H](O)Cn2ncc3ccc([N+](=O)[O-])cc32)c1. The molecular formula is C18H19N3O4. The average Bonchev–Trinajstić information content (AvgIpc) is 2.98. The highest BCUT2D eigenvalue weighted by Crippen LogP contribution is 2.22. The summed E-state index contributed by atoms with van der Waals surface area (Å²) in [5.41, 5.74) is 2.69. The van der Waals surface area contributed by atoms with Crippen LogP contribution >= 0.6 is 0 Å². The Kier molecular flexibility index (Phi) is 4.67. The van der Waals surface area contributed by atoms with Gasteiger partial charge in [-0.15, -0.1) is 0 Å². The zero-order chi connectivity index (χ0) is 18.0. The fourth-order valence-corrected chi connectivity index (χ4v) is 2.62. The molecule has 7 nitrogen and oxygen atoms in total. The monoisotopic (exact) mass is 341 g/mol. The number of non-ortho nitro benzene ring substituents is 1. The average molecular weight is 341 g/mol. The highest BCUT2D eigenvalue weighted by molar-refractivity contribution is 5.80. The van der Waals surface area contributed by atoms with Crippen LogP contribution in [0.3, 0.4) is 0 Å². The van der Waals surface area contributed by atoms with Gasteiger partial charge in [-0.05, 0) is 37.1 Å². The molecule has 25 heavy (non-hydrogen) atoms. The van der Waals surface area contributed by atoms with E-state index in [1.807, 2.05) is 32.0 Å². The van der Waals surface area contributed by atoms with Crippen LogP contribution in [0.2, 0.25) is 0 Å². The first-order valence-electron chi connectivity index (χ1n) is 7.92. The molecule has 7 heteroatoms. The zero-order valence-corrected chi connectivity index (χ0v) is 14.0. The van der Waals surface area contributed by atoms with Crippen LogP contribution in [-0.4, -0.2) is 32.5 Å². The van der Waals surface area contributed by atoms with Crippen molar-refractivity contribution < 1.29 is 14.8 Å². The van der Waals surface area contributed by atoms with E-state index in [2.05, 4.69) is 5.10 Å². The van der Waals surface area contributed by atoms with Crippen molar-refractivity contribution in [2.45, 2.75) is 26.5 Å². The molecule has 0 saturated heterocycles. The predicted molar refractivity (Wildman–Crippen MR) is 93.8 cm³/mol. The molecule has 2 aromatic carbocycles. The fraction of sp³-hybridized carbons (Fsp3) is 0.278. The summed E-state index contributed by atoms with van der Waals surface area (Å²) in [6.45, 7) is 4.23. The van der Waals surface area contributed by atoms with Gasteiger partial charge in [-0.2, -0.15) is 5.10 Å². The van der Waals surface area contributed by atoms with Crippen molar-refractivity contribution in [3.63, 3.8) is 0 Å². The number of rotatable bonds is 6. The molecular weight excluding hydrogens is 322 g/mol. The highest BCUT2D eigenvalue weighted by atomic mass is 16.6. The topological polar surface area (TPSA) is 90.4 Å². The number of aryl methyl sites for hydroxylation is 2. The molecule has 1 heterocycles. The van der Waals surface area contributed by atoms with Crippen molar-refractivity contribution >= 4 is 16.6 Å². The number of hydrogen-bond donors (Lipinski definition) is 1. The molecule has 0 radical (unpaired) electrons. The molecule has 1 atom stereocenters. The van der Waals surface area contributed by atoms with Crippen LogP contribution in [-0.2, 0) is 6.54 Å². The van der Waals surface area contributed by atoms with Crippen molar-refractivity contribution in [3.8, 4) is 5.75 Å². The molecule has 130 valence electrons. The van der Waals surface area contributed by atoms with Crippen LogP contribution in [0.1, 0.15) is 11.1 Å². The third kappa shape index (κ3) is 3.77. The third-order valence-electron chi connectivity index (χ3n) is 4.00. The lowest BCUT2D eigenvalue weighted by Gasteiger charge is -2.15. The second-order valence-corrected chi connectivity index (χ2v) is 6.06. The summed E-state index contributed by atoms with van der Waals surface area (Å²) in [5.74, 6) is 0.736. The lowest BCUT2D eigenvalue weighted by atomic mass is 10.1. The molecule has 0 fully saturated rings. The Labute approximate surface area is 144 Å². The first-order valence-corrected chi connectivity index (χ1v) is 7.92. The maximum atomic E-state index is 10.9. The number of nitrogens with zero attached hydrogens (tertiary/aromatic N) is 3. The fourth-order valence-electron chi connectivity index (χ4n) is 2.62. The van der Waals surface area contributed by atoms with E-state index in [0.29, 0.717) is 5.52 Å². The quantitative estimate of drug-likeness (QED) is 0.550. The summed E-state index contributed by atoms with van der Waals surface area (Å²) in [4.78, 5) is 10.5. The van der Waals surface area contributed by atoms with Gasteiger partial charge < -0.3 is 9.84 Å². The molecule has 0 spiro atoms. The number of nitro groups is 1. The Morgan fingerprint density at radius 3 is 2.84 bits per heavy atom. The maximum absolute atomic E-state index is 10.9. The van der Waals surface area contributed by atoms with Gasteiger partial charge in [0.2, 0.25) is 0 Å². The summed E-state index contributed by atoms with van der Waals surface area (Å²) >= 11 is 0. The van der Waals surface area contributed by atoms with Gasteiger partial charge in [0.1, 0.15) is 18.5 Å². The molecule has 3 aromatic rings. The van der Waals surface area contributed by atoms with E-state index >= 15 is 0 Å². The second kappa shape index (κ2) is 6.90. The Morgan fingerprint density at radius 1 is 1.28 bits per heavy atom. The summed E-state index contributed by atoms with van der Waals surface area (Å²) in [7, 11) is 0. The molecule has 0 aliphatic rings. The van der Waals surface area contributed by atoms with Crippen LogP contribution in [0, 0.1) is 24.0 Å². The van der Waals surface area contributed by atoms with Gasteiger partial charge in [0.15, 0.2) is 0 Å². The van der Waals surface area contributed by atoms with Crippen molar-refractivity contribution in [2.24, 2.45) is 0 Å². The molecule has 0 aliphatic carbocycles. The summed E-state index contributed by atoms with van der Waals surface area (Å²) in [5, 5.41) is 26.2. The third-order valence-corrected chi connectivity index (χ3v) is 4.00. The number of aromatic nitrogens is 2. The minimum absolute atomic E-state index is 0.00428. The number of aliphatic hydroxyl groups is 1. The lowest BCUT2D eigenvalue weighted by Crippen LogP contribution is -2.24. The number of fused-ring (bicyclic) bond motifs is 1. The summed E-state index contributed by atoms with van der Waals surface area (Å²) in [6, 6.07) is 10.4. The largest absolute Gasteiger partial charge is 0.491 e. The van der Waals surface area contributed by atoms with Gasteiger partial charge in [-0.25, -0.2) is 0 Å². The predicted octanol–water partition coefficient (Wildman–Crippen LogP) is 3.00. The number of aliphatic hydroxyl groups excluding tert-OH is 1. The van der Waals surface area contributed by atoms with Crippen LogP contribution in [0.25, 0.3) is 10.9 Å². The molecule has 3 rings (SSSR count). The van der Waals surface area contributed by atoms with E-state index in [1.54, 1.807) is 16.9 Å². The van der Waals surface area contributed by atoms with Crippen LogP contribution < -0.4 is 4.74 Å². The van der Waals surface area contributed by atoms with Crippen molar-refractivity contribution in [1.29, 1.82) is 0 Å². The minimum atomic E-state index is -0.790. The van der Waals surface area contributed by atoms with E-state index in [4.69, 9.17) is 4.74 Å². The maximum Gasteiger partial charge on any atom is 0.271 e. The number of ether oxygens (including phenoxy) is 1. The van der Waals surface area contributed by atoms with E-state index in [1.165, 1.54) is 12.1 Å². The van der Waals surface area contributed by atoms with Gasteiger partial charge in [-0.3, -0.25) is 14.8 Å².